The highest BCUT2D eigenvalue weighted by atomic mass is 32.1. The average molecular weight is 511 g/mol. The molecule has 188 valence electrons. The lowest BCUT2D eigenvalue weighted by molar-refractivity contribution is 0.413. The first-order valence-electron chi connectivity index (χ1n) is 12.8. The number of hydrogen-bond acceptors (Lipinski definition) is 4. The van der Waals surface area contributed by atoms with Crippen molar-refractivity contribution < 1.29 is 9.47 Å². The molecule has 7 heteroatoms. The van der Waals surface area contributed by atoms with Gasteiger partial charge in [0.15, 0.2) is 5.11 Å². The second-order valence-corrected chi connectivity index (χ2v) is 9.93. The fraction of sp³-hybridized carbons (Fsp3) is 0.267. The maximum absolute atomic E-state index is 6.06. The normalized spacial score (nSPS) is 19.7. The molecule has 1 saturated heterocycles. The Morgan fingerprint density at radius 1 is 0.865 bits per heavy atom. The molecule has 0 radical (unpaired) electrons. The molecule has 2 aromatic carbocycles. The molecule has 1 aliphatic carbocycles. The third kappa shape index (κ3) is 4.67. The van der Waals surface area contributed by atoms with Gasteiger partial charge in [0.25, 0.3) is 0 Å². The van der Waals surface area contributed by atoms with E-state index in [-0.39, 0.29) is 12.1 Å². The van der Waals surface area contributed by atoms with Crippen molar-refractivity contribution in [2.75, 3.05) is 12.0 Å². The Bertz CT molecular complexity index is 1350. The molecular weight excluding hydrogens is 480 g/mol. The summed E-state index contributed by atoms with van der Waals surface area (Å²) in [6.45, 7) is 0. The zero-order chi connectivity index (χ0) is 25.2. The number of nitrogens with zero attached hydrogens (tertiary/aromatic N) is 3. The average Bonchev–Trinajstić information content (AvgIpc) is 3.70. The molecule has 1 saturated carbocycles. The third-order valence-electron chi connectivity index (χ3n) is 7.34. The molecule has 3 heterocycles. The molecule has 0 amide bonds. The van der Waals surface area contributed by atoms with Gasteiger partial charge in [0.2, 0.25) is 0 Å². The van der Waals surface area contributed by atoms with Crippen molar-refractivity contribution in [3.63, 3.8) is 0 Å². The van der Waals surface area contributed by atoms with Crippen LogP contribution in [-0.2, 0) is 0 Å². The highest BCUT2D eigenvalue weighted by Crippen LogP contribution is 2.44. The molecule has 2 atom stereocenters. The lowest BCUT2D eigenvalue weighted by Crippen LogP contribution is -2.30. The molecule has 2 unspecified atom stereocenters. The third-order valence-corrected chi connectivity index (χ3v) is 7.66. The Kier molecular flexibility index (Phi) is 6.53. The smallest absolute Gasteiger partial charge is 0.174 e. The number of ether oxygens (including phenoxy) is 2. The van der Waals surface area contributed by atoms with E-state index in [9.17, 15) is 0 Å². The van der Waals surface area contributed by atoms with Crippen LogP contribution in [0.25, 0.3) is 0 Å². The number of methoxy groups -OCH3 is 1. The number of nitrogens with one attached hydrogen (secondary N) is 1. The number of thiocarbonyl (C=S) groups is 1. The van der Waals surface area contributed by atoms with Gasteiger partial charge in [-0.05, 0) is 97.9 Å². The molecular formula is C30H30N4O2S. The van der Waals surface area contributed by atoms with Crippen LogP contribution in [0.1, 0.15) is 55.2 Å². The van der Waals surface area contributed by atoms with Crippen molar-refractivity contribution in [2.45, 2.75) is 43.8 Å². The summed E-state index contributed by atoms with van der Waals surface area (Å²) in [6, 6.07) is 26.6. The van der Waals surface area contributed by atoms with Crippen LogP contribution >= 0.6 is 12.2 Å². The van der Waals surface area contributed by atoms with Crippen molar-refractivity contribution in [1.82, 2.24) is 14.9 Å². The molecule has 4 aromatic rings. The zero-order valence-corrected chi connectivity index (χ0v) is 21.6. The number of benzene rings is 2. The summed E-state index contributed by atoms with van der Waals surface area (Å²) >= 11 is 5.92. The van der Waals surface area contributed by atoms with Gasteiger partial charge < -0.3 is 24.3 Å². The van der Waals surface area contributed by atoms with Crippen LogP contribution in [-0.4, -0.2) is 21.8 Å². The van der Waals surface area contributed by atoms with Gasteiger partial charge in [-0.15, -0.1) is 0 Å². The summed E-state index contributed by atoms with van der Waals surface area (Å²) in [4.78, 5) is 6.93. The van der Waals surface area contributed by atoms with Gasteiger partial charge >= 0.3 is 0 Å². The largest absolute Gasteiger partial charge is 0.497 e. The second kappa shape index (κ2) is 10.3. The number of pyridine rings is 1. The maximum atomic E-state index is 6.06. The van der Waals surface area contributed by atoms with Crippen LogP contribution in [0.4, 0.5) is 5.69 Å². The summed E-state index contributed by atoms with van der Waals surface area (Å²) in [5.41, 5.74) is 3.26. The van der Waals surface area contributed by atoms with E-state index < -0.39 is 0 Å². The molecule has 2 aliphatic rings. The first-order valence-corrected chi connectivity index (χ1v) is 13.2. The minimum Gasteiger partial charge on any atom is -0.497 e. The van der Waals surface area contributed by atoms with Crippen LogP contribution in [0.15, 0.2) is 91.3 Å². The molecule has 0 bridgehead atoms. The van der Waals surface area contributed by atoms with Gasteiger partial charge in [0, 0.05) is 29.8 Å². The van der Waals surface area contributed by atoms with E-state index in [0.717, 1.165) is 28.6 Å². The van der Waals surface area contributed by atoms with Crippen molar-refractivity contribution in [3.8, 4) is 17.2 Å². The molecule has 1 N–H and O–H groups in total. The van der Waals surface area contributed by atoms with Gasteiger partial charge in [0.05, 0.1) is 18.8 Å². The highest BCUT2D eigenvalue weighted by molar-refractivity contribution is 7.80. The van der Waals surface area contributed by atoms with E-state index >= 15 is 0 Å². The van der Waals surface area contributed by atoms with Gasteiger partial charge in [-0.2, -0.15) is 0 Å². The Morgan fingerprint density at radius 3 is 2.24 bits per heavy atom. The summed E-state index contributed by atoms with van der Waals surface area (Å²) in [7, 11) is 1.66. The molecule has 2 aromatic heterocycles. The van der Waals surface area contributed by atoms with E-state index in [2.05, 4.69) is 51.3 Å². The lowest BCUT2D eigenvalue weighted by Gasteiger charge is -2.30. The van der Waals surface area contributed by atoms with E-state index in [1.807, 2.05) is 54.7 Å². The summed E-state index contributed by atoms with van der Waals surface area (Å²) in [5, 5.41) is 4.28. The molecule has 0 spiro atoms. The first kappa shape index (κ1) is 23.6. The fourth-order valence-electron chi connectivity index (χ4n) is 5.56. The molecule has 1 aliphatic heterocycles. The van der Waals surface area contributed by atoms with E-state index in [1.54, 1.807) is 7.11 Å². The zero-order valence-electron chi connectivity index (χ0n) is 20.8. The standard InChI is InChI=1S/C30H30N4O2S/c1-35-23-15-17-25(18-16-23)36-24-13-11-22(12-14-24)34-29(27-10-6-20-33(27)21-7-2-3-8-21)28(32-30(34)37)26-9-4-5-19-31-26/h4-6,9-21,28-29H,2-3,7-8H2,1H3,(H,32,37). The summed E-state index contributed by atoms with van der Waals surface area (Å²) in [6.07, 6.45) is 9.09. The summed E-state index contributed by atoms with van der Waals surface area (Å²) in [5.74, 6) is 2.32. The lowest BCUT2D eigenvalue weighted by atomic mass is 10.00. The highest BCUT2D eigenvalue weighted by Gasteiger charge is 2.42. The molecule has 6 rings (SSSR count). The number of aromatic nitrogens is 2. The van der Waals surface area contributed by atoms with Crippen LogP contribution in [0.2, 0.25) is 0 Å². The Labute approximate surface area is 222 Å². The molecule has 2 fully saturated rings. The van der Waals surface area contributed by atoms with Gasteiger partial charge in [-0.3, -0.25) is 4.98 Å². The monoisotopic (exact) mass is 510 g/mol. The fourth-order valence-corrected chi connectivity index (χ4v) is 5.91. The van der Waals surface area contributed by atoms with Crippen molar-refractivity contribution in [2.24, 2.45) is 0 Å². The number of hydrogen-bond donors (Lipinski definition) is 1. The molecule has 6 nitrogen and oxygen atoms in total. The Balaban J connectivity index is 1.33. The molecule has 37 heavy (non-hydrogen) atoms. The van der Waals surface area contributed by atoms with Crippen molar-refractivity contribution in [1.29, 1.82) is 0 Å². The first-order chi connectivity index (χ1) is 18.2. The van der Waals surface area contributed by atoms with Crippen molar-refractivity contribution in [3.05, 3.63) is 103 Å². The van der Waals surface area contributed by atoms with E-state index in [0.29, 0.717) is 11.2 Å². The van der Waals surface area contributed by atoms with Gasteiger partial charge in [-0.1, -0.05) is 18.9 Å². The topological polar surface area (TPSA) is 51.6 Å². The van der Waals surface area contributed by atoms with Crippen LogP contribution in [0, 0.1) is 0 Å². The second-order valence-electron chi connectivity index (χ2n) is 9.55. The summed E-state index contributed by atoms with van der Waals surface area (Å²) < 4.78 is 13.8. The van der Waals surface area contributed by atoms with Crippen LogP contribution in [0.5, 0.6) is 17.2 Å². The van der Waals surface area contributed by atoms with Crippen LogP contribution < -0.4 is 19.7 Å². The number of rotatable bonds is 7. The minimum atomic E-state index is -0.0565. The Hall–Kier alpha value is -3.84. The van der Waals surface area contributed by atoms with E-state index in [4.69, 9.17) is 26.7 Å². The predicted molar refractivity (Wildman–Crippen MR) is 149 cm³/mol. The van der Waals surface area contributed by atoms with Gasteiger partial charge in [0.1, 0.15) is 23.3 Å². The van der Waals surface area contributed by atoms with Crippen molar-refractivity contribution >= 4 is 23.0 Å². The Morgan fingerprint density at radius 2 is 1.57 bits per heavy atom. The van der Waals surface area contributed by atoms with Gasteiger partial charge in [-0.25, -0.2) is 0 Å². The predicted octanol–water partition coefficient (Wildman–Crippen LogP) is 6.98. The SMILES string of the molecule is COc1ccc(Oc2ccc(N3C(=S)NC(c4ccccn4)C3c3cccn3C3CCCC3)cc2)cc1. The number of anilines is 1. The van der Waals surface area contributed by atoms with Crippen LogP contribution in [0.3, 0.4) is 0 Å². The quantitative estimate of drug-likeness (QED) is 0.271. The maximum Gasteiger partial charge on any atom is 0.174 e. The minimum absolute atomic E-state index is 0.0219. The van der Waals surface area contributed by atoms with E-state index in [1.165, 1.54) is 31.4 Å².